The lowest BCUT2D eigenvalue weighted by Gasteiger charge is -1.95. The summed E-state index contributed by atoms with van der Waals surface area (Å²) in [4.78, 5) is 2.80. The van der Waals surface area contributed by atoms with Gasteiger partial charge in [-0.25, -0.2) is 4.39 Å². The van der Waals surface area contributed by atoms with Crippen molar-refractivity contribution in [3.8, 4) is 5.75 Å². The van der Waals surface area contributed by atoms with Gasteiger partial charge >= 0.3 is 0 Å². The van der Waals surface area contributed by atoms with Gasteiger partial charge in [-0.15, -0.1) is 0 Å². The van der Waals surface area contributed by atoms with Crippen molar-refractivity contribution >= 4 is 10.9 Å². The molecular formula is C9H8FNO. The maximum atomic E-state index is 13.1. The van der Waals surface area contributed by atoms with Crippen molar-refractivity contribution in [2.75, 3.05) is 0 Å². The highest BCUT2D eigenvalue weighted by atomic mass is 19.1. The van der Waals surface area contributed by atoms with Gasteiger partial charge in [-0.2, -0.15) is 0 Å². The van der Waals surface area contributed by atoms with E-state index in [4.69, 9.17) is 5.11 Å². The molecular weight excluding hydrogens is 157 g/mol. The lowest BCUT2D eigenvalue weighted by Crippen LogP contribution is -1.77. The minimum atomic E-state index is -0.418. The predicted molar refractivity (Wildman–Crippen MR) is 44.7 cm³/mol. The van der Waals surface area contributed by atoms with Crippen LogP contribution in [0.2, 0.25) is 0 Å². The number of hydrogen-bond acceptors (Lipinski definition) is 1. The molecule has 1 aromatic heterocycles. The molecule has 0 aliphatic carbocycles. The summed E-state index contributed by atoms with van der Waals surface area (Å²) >= 11 is 0. The molecule has 0 spiro atoms. The first-order valence-corrected chi connectivity index (χ1v) is 3.64. The highest BCUT2D eigenvalue weighted by Gasteiger charge is 2.06. The molecule has 0 aliphatic rings. The summed E-state index contributed by atoms with van der Waals surface area (Å²) in [7, 11) is 0. The van der Waals surface area contributed by atoms with Crippen LogP contribution in [0.5, 0.6) is 5.75 Å². The number of aryl methyl sites for hydroxylation is 1. The van der Waals surface area contributed by atoms with Gasteiger partial charge in [-0.05, 0) is 18.6 Å². The number of phenols is 1. The fourth-order valence-electron chi connectivity index (χ4n) is 1.31. The fourth-order valence-corrected chi connectivity index (χ4v) is 1.31. The molecule has 0 aliphatic heterocycles. The Balaban J connectivity index is 2.92. The third-order valence-electron chi connectivity index (χ3n) is 1.93. The quantitative estimate of drug-likeness (QED) is 0.617. The number of nitrogens with one attached hydrogen (secondary N) is 1. The van der Waals surface area contributed by atoms with Crippen molar-refractivity contribution in [1.82, 2.24) is 4.98 Å². The molecule has 1 aromatic carbocycles. The molecule has 0 radical (unpaired) electrons. The lowest BCUT2D eigenvalue weighted by molar-refractivity contribution is 0.471. The second kappa shape index (κ2) is 2.24. The van der Waals surface area contributed by atoms with Crippen LogP contribution in [-0.4, -0.2) is 10.1 Å². The highest BCUT2D eigenvalue weighted by molar-refractivity contribution is 5.84. The second-order valence-electron chi connectivity index (χ2n) is 2.82. The summed E-state index contributed by atoms with van der Waals surface area (Å²) in [5, 5.41) is 9.83. The Bertz CT molecular complexity index is 433. The number of phenolic OH excluding ortho intramolecular Hbond substituents is 1. The van der Waals surface area contributed by atoms with E-state index < -0.39 is 5.82 Å². The van der Waals surface area contributed by atoms with Gasteiger partial charge in [-0.1, -0.05) is 0 Å². The third kappa shape index (κ3) is 0.863. The Morgan fingerprint density at radius 2 is 2.17 bits per heavy atom. The van der Waals surface area contributed by atoms with Crippen molar-refractivity contribution in [2.24, 2.45) is 0 Å². The molecule has 2 rings (SSSR count). The Labute approximate surface area is 68.6 Å². The van der Waals surface area contributed by atoms with Crippen LogP contribution in [0.15, 0.2) is 18.3 Å². The maximum absolute atomic E-state index is 13.1. The molecule has 0 bridgehead atoms. The molecule has 1 heterocycles. The van der Waals surface area contributed by atoms with Gasteiger partial charge in [0.1, 0.15) is 5.75 Å². The number of halogens is 1. The zero-order valence-electron chi connectivity index (χ0n) is 6.56. The summed E-state index contributed by atoms with van der Waals surface area (Å²) in [6, 6.07) is 2.64. The Morgan fingerprint density at radius 3 is 2.92 bits per heavy atom. The van der Waals surface area contributed by atoms with Gasteiger partial charge in [0.15, 0.2) is 5.82 Å². The number of rotatable bonds is 0. The van der Waals surface area contributed by atoms with E-state index in [2.05, 4.69) is 4.98 Å². The molecule has 3 heteroatoms. The van der Waals surface area contributed by atoms with Gasteiger partial charge in [0.2, 0.25) is 0 Å². The molecule has 0 atom stereocenters. The van der Waals surface area contributed by atoms with Crippen LogP contribution in [0.1, 0.15) is 5.56 Å². The van der Waals surface area contributed by atoms with Crippen molar-refractivity contribution < 1.29 is 9.50 Å². The van der Waals surface area contributed by atoms with Crippen LogP contribution in [0, 0.1) is 12.7 Å². The molecule has 0 saturated carbocycles. The van der Waals surface area contributed by atoms with Gasteiger partial charge in [0, 0.05) is 17.6 Å². The lowest BCUT2D eigenvalue weighted by atomic mass is 10.2. The molecule has 2 N–H and O–H groups in total. The number of aromatic amines is 1. The summed E-state index contributed by atoms with van der Waals surface area (Å²) < 4.78 is 13.1. The van der Waals surface area contributed by atoms with E-state index in [-0.39, 0.29) is 5.75 Å². The SMILES string of the molecule is Cc1c[nH]c2c(F)cc(O)cc12. The van der Waals surface area contributed by atoms with E-state index in [1.807, 2.05) is 6.92 Å². The average Bonchev–Trinajstić information content (AvgIpc) is 2.33. The van der Waals surface area contributed by atoms with Crippen LogP contribution in [-0.2, 0) is 0 Å². The van der Waals surface area contributed by atoms with Crippen molar-refractivity contribution in [1.29, 1.82) is 0 Å². The Kier molecular flexibility index (Phi) is 1.33. The second-order valence-corrected chi connectivity index (χ2v) is 2.82. The Morgan fingerprint density at radius 1 is 1.42 bits per heavy atom. The minimum Gasteiger partial charge on any atom is -0.508 e. The fraction of sp³-hybridized carbons (Fsp3) is 0.111. The van der Waals surface area contributed by atoms with Crippen molar-refractivity contribution in [3.63, 3.8) is 0 Å². The summed E-state index contributed by atoms with van der Waals surface area (Å²) in [5.74, 6) is -0.458. The van der Waals surface area contributed by atoms with E-state index in [0.717, 1.165) is 17.0 Å². The van der Waals surface area contributed by atoms with Gasteiger partial charge in [0.05, 0.1) is 5.52 Å². The van der Waals surface area contributed by atoms with E-state index in [1.54, 1.807) is 12.3 Å². The number of aromatic nitrogens is 1. The normalized spacial score (nSPS) is 10.8. The summed E-state index contributed by atoms with van der Waals surface area (Å²) in [6.07, 6.45) is 1.72. The zero-order chi connectivity index (χ0) is 8.72. The van der Waals surface area contributed by atoms with Crippen LogP contribution in [0.3, 0.4) is 0 Å². The molecule has 62 valence electrons. The minimum absolute atomic E-state index is 0.0392. The van der Waals surface area contributed by atoms with E-state index in [0.29, 0.717) is 5.52 Å². The zero-order valence-corrected chi connectivity index (χ0v) is 6.56. The monoisotopic (exact) mass is 165 g/mol. The number of H-pyrrole nitrogens is 1. The van der Waals surface area contributed by atoms with Crippen LogP contribution < -0.4 is 0 Å². The van der Waals surface area contributed by atoms with Crippen molar-refractivity contribution in [3.05, 3.63) is 29.7 Å². The first-order valence-electron chi connectivity index (χ1n) is 3.64. The molecule has 0 amide bonds. The molecule has 12 heavy (non-hydrogen) atoms. The average molecular weight is 165 g/mol. The molecule has 0 saturated heterocycles. The Hall–Kier alpha value is -1.51. The van der Waals surface area contributed by atoms with Crippen LogP contribution in [0.4, 0.5) is 4.39 Å². The molecule has 2 nitrogen and oxygen atoms in total. The van der Waals surface area contributed by atoms with Gasteiger partial charge in [0.25, 0.3) is 0 Å². The smallest absolute Gasteiger partial charge is 0.150 e. The van der Waals surface area contributed by atoms with Gasteiger partial charge in [-0.3, -0.25) is 0 Å². The first-order chi connectivity index (χ1) is 5.68. The topological polar surface area (TPSA) is 36.0 Å². The molecule has 0 unspecified atom stereocenters. The number of fused-ring (bicyclic) bond motifs is 1. The van der Waals surface area contributed by atoms with E-state index in [1.165, 1.54) is 0 Å². The van der Waals surface area contributed by atoms with Crippen molar-refractivity contribution in [2.45, 2.75) is 6.92 Å². The van der Waals surface area contributed by atoms with Crippen LogP contribution >= 0.6 is 0 Å². The third-order valence-corrected chi connectivity index (χ3v) is 1.93. The van der Waals surface area contributed by atoms with E-state index >= 15 is 0 Å². The number of benzene rings is 1. The number of aromatic hydroxyl groups is 1. The van der Waals surface area contributed by atoms with E-state index in [9.17, 15) is 4.39 Å². The molecule has 0 fully saturated rings. The maximum Gasteiger partial charge on any atom is 0.150 e. The standard InChI is InChI=1S/C9H8FNO/c1-5-4-11-9-7(5)2-6(12)3-8(9)10/h2-4,11-12H,1H3. The number of hydrogen-bond donors (Lipinski definition) is 2. The summed E-state index contributed by atoms with van der Waals surface area (Å²) in [6.45, 7) is 1.86. The highest BCUT2D eigenvalue weighted by Crippen LogP contribution is 2.24. The van der Waals surface area contributed by atoms with Crippen LogP contribution in [0.25, 0.3) is 10.9 Å². The summed E-state index contributed by atoms with van der Waals surface area (Å²) in [5.41, 5.74) is 1.38. The molecule has 2 aromatic rings. The predicted octanol–water partition coefficient (Wildman–Crippen LogP) is 2.32. The first kappa shape index (κ1) is 7.16. The van der Waals surface area contributed by atoms with Gasteiger partial charge < -0.3 is 10.1 Å². The largest absolute Gasteiger partial charge is 0.508 e.